The maximum atomic E-state index is 13.1. The van der Waals surface area contributed by atoms with E-state index in [-0.39, 0.29) is 83.4 Å². The van der Waals surface area contributed by atoms with Crippen LogP contribution in [-0.4, -0.2) is 228 Å². The zero-order valence-electron chi connectivity index (χ0n) is 52.5. The van der Waals surface area contributed by atoms with Gasteiger partial charge in [-0.25, -0.2) is 0 Å². The molecule has 3 aliphatic heterocycles. The second kappa shape index (κ2) is 41.1. The predicted octanol–water partition coefficient (Wildman–Crippen LogP) is -3.61. The summed E-state index contributed by atoms with van der Waals surface area (Å²) in [6.07, 6.45) is 11.4. The summed E-state index contributed by atoms with van der Waals surface area (Å²) in [5.41, 5.74) is 22.6. The molecule has 3 heterocycles. The Bertz CT molecular complexity index is 2150. The van der Waals surface area contributed by atoms with E-state index in [1.54, 1.807) is 24.3 Å². The van der Waals surface area contributed by atoms with Gasteiger partial charge in [0.2, 0.25) is 35.4 Å². The Kier molecular flexibility index (Phi) is 35.5. The number of rotatable bonds is 39. The van der Waals surface area contributed by atoms with Crippen LogP contribution in [0, 0.1) is 29.1 Å². The Labute approximate surface area is 518 Å². The molecule has 6 atom stereocenters. The number of amides is 6. The van der Waals surface area contributed by atoms with Crippen LogP contribution in [0.2, 0.25) is 0 Å². The highest BCUT2D eigenvalue weighted by atomic mass is 16.7. The lowest BCUT2D eigenvalue weighted by molar-refractivity contribution is -0.199. The number of unbranched alkanes of at least 4 members (excludes halogenated alkanes) is 4. The fraction of sp³-hybridized carbons (Fsp3) is 0.793. The molecule has 0 aromatic heterocycles. The SMILES string of the molecule is CC1(C)[C@@H]2CC3OB([C@@H]4CCCN4C(=O)CNC(=O)CCCCCNC(=O)CC(CNCCN)CNCCN)O[C@@]3(C)[C@H]1C2.NCCNCC(CNCCN)CC(=O)NCCCCCC(=O)NCC(=O)N1CCC[C@H]1B(O)O.OB(O)c1ccccc1. The van der Waals surface area contributed by atoms with E-state index in [0.29, 0.717) is 141 Å². The van der Waals surface area contributed by atoms with Crippen LogP contribution < -0.4 is 70.9 Å². The number of nitrogens with zero attached hydrogens (tertiary/aromatic N) is 2. The second-order valence-corrected chi connectivity index (χ2v) is 24.6. The predicted molar refractivity (Wildman–Crippen MR) is 339 cm³/mol. The molecule has 3 saturated carbocycles. The van der Waals surface area contributed by atoms with E-state index in [9.17, 15) is 38.8 Å². The first-order valence-corrected chi connectivity index (χ1v) is 32.2. The van der Waals surface area contributed by atoms with Gasteiger partial charge in [0, 0.05) is 104 Å². The number of likely N-dealkylation sites (tertiary alicyclic amines) is 2. The average molecular weight is 1230 g/mol. The van der Waals surface area contributed by atoms with Crippen molar-refractivity contribution < 1.29 is 58.2 Å². The van der Waals surface area contributed by atoms with E-state index in [0.717, 1.165) is 77.5 Å². The van der Waals surface area contributed by atoms with E-state index in [2.05, 4.69) is 63.3 Å². The van der Waals surface area contributed by atoms with Gasteiger partial charge in [0.05, 0.1) is 36.7 Å². The van der Waals surface area contributed by atoms with Crippen molar-refractivity contribution in [3.05, 3.63) is 30.3 Å². The van der Waals surface area contributed by atoms with Crippen molar-refractivity contribution in [1.29, 1.82) is 0 Å². The molecule has 87 heavy (non-hydrogen) atoms. The topological polar surface area (TPSA) is 409 Å². The summed E-state index contributed by atoms with van der Waals surface area (Å²) in [7, 11) is -3.30. The first-order chi connectivity index (χ1) is 41.8. The summed E-state index contributed by atoms with van der Waals surface area (Å²) >= 11 is 0. The van der Waals surface area contributed by atoms with Gasteiger partial charge >= 0.3 is 21.4 Å². The van der Waals surface area contributed by atoms with Gasteiger partial charge in [-0.05, 0) is 132 Å². The van der Waals surface area contributed by atoms with Gasteiger partial charge < -0.3 is 105 Å². The fourth-order valence-corrected chi connectivity index (χ4v) is 12.6. The summed E-state index contributed by atoms with van der Waals surface area (Å²) < 4.78 is 13.1. The van der Waals surface area contributed by atoms with Crippen LogP contribution in [0.4, 0.5) is 0 Å². The second-order valence-electron chi connectivity index (χ2n) is 24.6. The Morgan fingerprint density at radius 3 is 1.53 bits per heavy atom. The molecule has 1 unspecified atom stereocenters. The molecule has 29 heteroatoms. The minimum absolute atomic E-state index is 0.00133. The molecule has 3 aliphatic carbocycles. The monoisotopic (exact) mass is 1230 g/mol. The van der Waals surface area contributed by atoms with Crippen molar-refractivity contribution >= 4 is 62.3 Å². The van der Waals surface area contributed by atoms with Crippen LogP contribution in [0.25, 0.3) is 0 Å². The largest absolute Gasteiger partial charge is 0.488 e. The van der Waals surface area contributed by atoms with Crippen LogP contribution in [0.15, 0.2) is 30.3 Å². The molecule has 3 saturated heterocycles. The van der Waals surface area contributed by atoms with Gasteiger partial charge in [-0.2, -0.15) is 0 Å². The number of hydrogen-bond donors (Lipinski definition) is 16. The molecule has 6 aliphatic rings. The van der Waals surface area contributed by atoms with Crippen LogP contribution >= 0.6 is 0 Å². The molecule has 2 bridgehead atoms. The molecule has 6 amide bonds. The Hall–Kier alpha value is -4.33. The summed E-state index contributed by atoms with van der Waals surface area (Å²) in [5.74, 6) is 0.106. The van der Waals surface area contributed by atoms with Crippen molar-refractivity contribution in [2.75, 3.05) is 118 Å². The quantitative estimate of drug-likeness (QED) is 0.0224. The van der Waals surface area contributed by atoms with E-state index in [1.165, 1.54) is 11.3 Å². The van der Waals surface area contributed by atoms with E-state index >= 15 is 0 Å². The van der Waals surface area contributed by atoms with Gasteiger partial charge in [0.15, 0.2) is 0 Å². The zero-order valence-corrected chi connectivity index (χ0v) is 52.5. The Balaban J connectivity index is 0.000000333. The standard InChI is InChI=1S/C31H58BN7O5.C21H44BN7O5.C6H7BO2/c1-30(2)23-17-24(30)31(3)25(18-23)43-32(44-31)26-8-7-15-39(26)29(42)21-38-27(40)9-5-4-6-12-37-28(41)16-22(19-35-13-10-33)20-36-14-11-34;23-7-10-25-14-17(15-26-11-8-24)13-20(31)27-9-3-1-2-6-19(30)28-16-21(32)29-12-4-5-18(29)22(33)34;8-7(9)6-4-2-1-3-5-6/h22-26,35-36H,4-21,33-34H2,1-3H3,(H,37,41)(H,38,40);17-18,25-26,33-34H,1-16,23-24H2,(H,27,31)(H,28,30);1-5,8-9H/t23-,24-,25?,26-,31-;18-;/m00./s1. The van der Waals surface area contributed by atoms with Crippen molar-refractivity contribution in [3.63, 3.8) is 0 Å². The van der Waals surface area contributed by atoms with Gasteiger partial charge in [-0.3, -0.25) is 28.8 Å². The minimum Gasteiger partial charge on any atom is -0.426 e. The maximum absolute atomic E-state index is 13.1. The molecule has 6 fully saturated rings. The molecular formula is C58H109B3N14O12. The highest BCUT2D eigenvalue weighted by Gasteiger charge is 2.69. The van der Waals surface area contributed by atoms with E-state index < -0.39 is 27.3 Å². The first kappa shape index (κ1) is 75.1. The molecule has 1 aromatic rings. The fourth-order valence-electron chi connectivity index (χ4n) is 12.6. The van der Waals surface area contributed by atoms with Crippen molar-refractivity contribution in [2.24, 2.45) is 52.0 Å². The lowest BCUT2D eigenvalue weighted by Crippen LogP contribution is -2.65. The third kappa shape index (κ3) is 26.2. The van der Waals surface area contributed by atoms with Gasteiger partial charge in [0.25, 0.3) is 0 Å². The van der Waals surface area contributed by atoms with Crippen molar-refractivity contribution in [2.45, 2.75) is 147 Å². The molecule has 1 aromatic carbocycles. The molecule has 26 nitrogen and oxygen atoms in total. The zero-order chi connectivity index (χ0) is 63.6. The highest BCUT2D eigenvalue weighted by molar-refractivity contribution is 6.58. The van der Waals surface area contributed by atoms with Crippen molar-refractivity contribution in [1.82, 2.24) is 52.3 Å². The number of hydrogen-bond acceptors (Lipinski definition) is 20. The van der Waals surface area contributed by atoms with Crippen LogP contribution in [-0.2, 0) is 38.1 Å². The molecule has 20 N–H and O–H groups in total. The van der Waals surface area contributed by atoms with Crippen LogP contribution in [0.5, 0.6) is 0 Å². The first-order valence-electron chi connectivity index (χ1n) is 32.2. The Morgan fingerprint density at radius 1 is 0.609 bits per heavy atom. The van der Waals surface area contributed by atoms with Gasteiger partial charge in [-0.1, -0.05) is 57.0 Å². The van der Waals surface area contributed by atoms with Gasteiger partial charge in [-0.15, -0.1) is 0 Å². The van der Waals surface area contributed by atoms with E-state index in [4.69, 9.17) is 42.3 Å². The van der Waals surface area contributed by atoms with Crippen molar-refractivity contribution in [3.8, 4) is 0 Å². The molecule has 7 rings (SSSR count). The van der Waals surface area contributed by atoms with E-state index in [1.807, 2.05) is 11.0 Å². The van der Waals surface area contributed by atoms with Crippen LogP contribution in [0.3, 0.4) is 0 Å². The number of nitrogens with two attached hydrogens (primary N) is 4. The van der Waals surface area contributed by atoms with Gasteiger partial charge in [0.1, 0.15) is 0 Å². The molecule has 0 radical (unpaired) electrons. The number of nitrogens with one attached hydrogen (secondary N) is 8. The number of benzene rings is 1. The maximum Gasteiger partial charge on any atom is 0.488 e. The third-order valence-electron chi connectivity index (χ3n) is 17.6. The smallest absolute Gasteiger partial charge is 0.426 e. The average Bonchev–Trinajstić information content (AvgIpc) is 1.68. The summed E-state index contributed by atoms with van der Waals surface area (Å²) in [5, 5.41) is 60.2. The lowest BCUT2D eigenvalue weighted by atomic mass is 9.43. The number of carbonyl (C=O) groups excluding carboxylic acids is 6. The number of carbonyl (C=O) groups is 6. The summed E-state index contributed by atoms with van der Waals surface area (Å²) in [6, 6.07) is 8.66. The normalized spacial score (nSPS) is 21.5. The molecular weight excluding hydrogens is 1120 g/mol. The third-order valence-corrected chi connectivity index (χ3v) is 17.6. The highest BCUT2D eigenvalue weighted by Crippen LogP contribution is 2.66. The lowest BCUT2D eigenvalue weighted by Gasteiger charge is -2.64. The molecule has 0 spiro atoms. The van der Waals surface area contributed by atoms with Crippen LogP contribution in [0.1, 0.15) is 124 Å². The minimum atomic E-state index is -1.56. The molecule has 492 valence electrons. The summed E-state index contributed by atoms with van der Waals surface area (Å²) in [6.45, 7) is 17.0. The Morgan fingerprint density at radius 2 is 1.08 bits per heavy atom. The summed E-state index contributed by atoms with van der Waals surface area (Å²) in [4.78, 5) is 77.7.